The second-order valence-corrected chi connectivity index (χ2v) is 7.26. The van der Waals surface area contributed by atoms with E-state index in [-0.39, 0.29) is 18.0 Å². The van der Waals surface area contributed by atoms with Crippen LogP contribution in [-0.4, -0.2) is 23.8 Å². The van der Waals surface area contributed by atoms with Gasteiger partial charge in [-0.3, -0.25) is 5.32 Å². The number of hydrogen-bond acceptors (Lipinski definition) is 4. The van der Waals surface area contributed by atoms with Crippen LogP contribution < -0.4 is 5.32 Å². The fraction of sp³-hybridized carbons (Fsp3) is 0.556. The maximum atomic E-state index is 12.5. The van der Waals surface area contributed by atoms with Gasteiger partial charge in [0, 0.05) is 5.69 Å². The van der Waals surface area contributed by atoms with Crippen molar-refractivity contribution >= 4 is 17.7 Å². The molecule has 0 aliphatic heterocycles. The van der Waals surface area contributed by atoms with Crippen molar-refractivity contribution in [3.8, 4) is 0 Å². The van der Waals surface area contributed by atoms with Gasteiger partial charge in [-0.05, 0) is 57.4 Å². The molecular formula is C18H24F3NO4. The summed E-state index contributed by atoms with van der Waals surface area (Å²) in [6, 6.07) is 3.90. The molecule has 0 radical (unpaired) electrons. The molecule has 1 rings (SSSR count). The summed E-state index contributed by atoms with van der Waals surface area (Å²) in [7, 11) is 0. The number of rotatable bonds is 5. The number of benzene rings is 1. The first-order chi connectivity index (χ1) is 11.8. The molecule has 146 valence electrons. The number of nitrogens with one attached hydrogen (secondary N) is 1. The minimum atomic E-state index is -4.46. The van der Waals surface area contributed by atoms with Crippen molar-refractivity contribution in [2.45, 2.75) is 58.9 Å². The quantitative estimate of drug-likeness (QED) is 0.735. The number of carbonyl (C=O) groups excluding carboxylic acids is 2. The standard InChI is InChI=1S/C18H24F3NO4/c1-11(2)10-14(15(23)26-17(3,4)5)25-16(24)22-13-8-6-12(7-9-13)18(19,20)21/h6-9,11,14H,10H2,1-5H3,(H,22,24)/t14-/m0/s1. The second kappa shape index (κ2) is 8.42. The Morgan fingerprint density at radius 3 is 2.04 bits per heavy atom. The third-order valence-electron chi connectivity index (χ3n) is 3.06. The van der Waals surface area contributed by atoms with Gasteiger partial charge in [0.25, 0.3) is 0 Å². The number of ether oxygens (including phenoxy) is 2. The van der Waals surface area contributed by atoms with E-state index in [1.807, 2.05) is 13.8 Å². The SMILES string of the molecule is CC(C)C[C@H](OC(=O)Nc1ccc(C(F)(F)F)cc1)C(=O)OC(C)(C)C. The van der Waals surface area contributed by atoms with E-state index in [4.69, 9.17) is 9.47 Å². The van der Waals surface area contributed by atoms with Crippen LogP contribution in [0.5, 0.6) is 0 Å². The summed E-state index contributed by atoms with van der Waals surface area (Å²) in [6.07, 6.45) is -6.25. The van der Waals surface area contributed by atoms with Crippen LogP contribution in [0.15, 0.2) is 24.3 Å². The average Bonchev–Trinajstić information content (AvgIpc) is 2.43. The molecule has 1 N–H and O–H groups in total. The normalized spacial score (nSPS) is 13.3. The second-order valence-electron chi connectivity index (χ2n) is 7.26. The van der Waals surface area contributed by atoms with Crippen LogP contribution in [-0.2, 0) is 20.4 Å². The van der Waals surface area contributed by atoms with E-state index in [0.29, 0.717) is 0 Å². The predicted molar refractivity (Wildman–Crippen MR) is 90.6 cm³/mol. The molecule has 0 aliphatic rings. The van der Waals surface area contributed by atoms with Crippen molar-refractivity contribution in [2.24, 2.45) is 5.92 Å². The molecule has 0 saturated heterocycles. The van der Waals surface area contributed by atoms with Gasteiger partial charge in [-0.1, -0.05) is 13.8 Å². The molecule has 0 heterocycles. The van der Waals surface area contributed by atoms with Gasteiger partial charge in [-0.2, -0.15) is 13.2 Å². The van der Waals surface area contributed by atoms with Crippen LogP contribution in [0.3, 0.4) is 0 Å². The largest absolute Gasteiger partial charge is 0.457 e. The zero-order valence-electron chi connectivity index (χ0n) is 15.4. The lowest BCUT2D eigenvalue weighted by Crippen LogP contribution is -2.36. The summed E-state index contributed by atoms with van der Waals surface area (Å²) in [5.74, 6) is -0.611. The smallest absolute Gasteiger partial charge is 0.416 e. The van der Waals surface area contributed by atoms with Gasteiger partial charge in [0.1, 0.15) is 5.60 Å². The number of hydrogen-bond donors (Lipinski definition) is 1. The minimum absolute atomic E-state index is 0.0615. The van der Waals surface area contributed by atoms with Crippen molar-refractivity contribution < 1.29 is 32.2 Å². The molecule has 0 bridgehead atoms. The molecule has 0 saturated carbocycles. The highest BCUT2D eigenvalue weighted by molar-refractivity contribution is 5.87. The Bertz CT molecular complexity index is 619. The Morgan fingerprint density at radius 2 is 1.62 bits per heavy atom. The van der Waals surface area contributed by atoms with Crippen LogP contribution in [0.2, 0.25) is 0 Å². The zero-order valence-corrected chi connectivity index (χ0v) is 15.4. The molecule has 8 heteroatoms. The van der Waals surface area contributed by atoms with E-state index in [0.717, 1.165) is 24.3 Å². The van der Waals surface area contributed by atoms with Gasteiger partial charge < -0.3 is 9.47 Å². The molecule has 0 aromatic heterocycles. The van der Waals surface area contributed by atoms with Crippen LogP contribution in [0.4, 0.5) is 23.7 Å². The van der Waals surface area contributed by atoms with Gasteiger partial charge >= 0.3 is 18.2 Å². The first-order valence-electron chi connectivity index (χ1n) is 8.15. The lowest BCUT2D eigenvalue weighted by Gasteiger charge is -2.24. The highest BCUT2D eigenvalue weighted by Gasteiger charge is 2.31. The average molecular weight is 375 g/mol. The van der Waals surface area contributed by atoms with Crippen LogP contribution in [0.25, 0.3) is 0 Å². The monoisotopic (exact) mass is 375 g/mol. The number of alkyl halides is 3. The third kappa shape index (κ3) is 7.76. The topological polar surface area (TPSA) is 64.6 Å². The van der Waals surface area contributed by atoms with Crippen LogP contribution >= 0.6 is 0 Å². The zero-order chi connectivity index (χ0) is 20.1. The predicted octanol–water partition coefficient (Wildman–Crippen LogP) is 5.01. The molecule has 1 atom stereocenters. The van der Waals surface area contributed by atoms with E-state index in [2.05, 4.69) is 5.32 Å². The summed E-state index contributed by atoms with van der Waals surface area (Å²) >= 11 is 0. The Labute approximate surface area is 150 Å². The summed E-state index contributed by atoms with van der Waals surface area (Å²) in [5, 5.41) is 2.31. The summed E-state index contributed by atoms with van der Waals surface area (Å²) in [4.78, 5) is 24.2. The van der Waals surface area contributed by atoms with Crippen molar-refractivity contribution in [3.63, 3.8) is 0 Å². The highest BCUT2D eigenvalue weighted by Crippen LogP contribution is 2.29. The van der Waals surface area contributed by atoms with Crippen molar-refractivity contribution in [1.29, 1.82) is 0 Å². The van der Waals surface area contributed by atoms with E-state index in [1.54, 1.807) is 20.8 Å². The van der Waals surface area contributed by atoms with Gasteiger partial charge in [0.05, 0.1) is 5.56 Å². The first-order valence-corrected chi connectivity index (χ1v) is 8.15. The molecular weight excluding hydrogens is 351 g/mol. The van der Waals surface area contributed by atoms with Gasteiger partial charge in [-0.25, -0.2) is 9.59 Å². The third-order valence-corrected chi connectivity index (χ3v) is 3.06. The lowest BCUT2D eigenvalue weighted by atomic mass is 10.1. The maximum Gasteiger partial charge on any atom is 0.416 e. The molecule has 1 amide bonds. The number of anilines is 1. The summed E-state index contributed by atoms with van der Waals surface area (Å²) < 4.78 is 48.0. The van der Waals surface area contributed by atoms with Crippen molar-refractivity contribution in [3.05, 3.63) is 29.8 Å². The molecule has 0 unspecified atom stereocenters. The van der Waals surface area contributed by atoms with Gasteiger partial charge in [-0.15, -0.1) is 0 Å². The number of amides is 1. The summed E-state index contributed by atoms with van der Waals surface area (Å²) in [5.41, 5.74) is -1.45. The summed E-state index contributed by atoms with van der Waals surface area (Å²) in [6.45, 7) is 8.79. The molecule has 0 aliphatic carbocycles. The molecule has 1 aromatic carbocycles. The van der Waals surface area contributed by atoms with E-state index in [1.165, 1.54) is 0 Å². The Balaban J connectivity index is 2.75. The molecule has 1 aromatic rings. The van der Waals surface area contributed by atoms with E-state index >= 15 is 0 Å². The fourth-order valence-corrected chi connectivity index (χ4v) is 2.01. The maximum absolute atomic E-state index is 12.5. The Hall–Kier alpha value is -2.25. The number of halogens is 3. The lowest BCUT2D eigenvalue weighted by molar-refractivity contribution is -0.165. The molecule has 0 spiro atoms. The number of esters is 1. The van der Waals surface area contributed by atoms with E-state index in [9.17, 15) is 22.8 Å². The van der Waals surface area contributed by atoms with Crippen molar-refractivity contribution in [1.82, 2.24) is 0 Å². The van der Waals surface area contributed by atoms with E-state index < -0.39 is 35.5 Å². The number of carbonyl (C=O) groups is 2. The Kier molecular flexibility index (Phi) is 7.06. The highest BCUT2D eigenvalue weighted by atomic mass is 19.4. The fourth-order valence-electron chi connectivity index (χ4n) is 2.01. The minimum Gasteiger partial charge on any atom is -0.457 e. The van der Waals surface area contributed by atoms with Gasteiger partial charge in [0.2, 0.25) is 6.10 Å². The molecule has 5 nitrogen and oxygen atoms in total. The molecule has 26 heavy (non-hydrogen) atoms. The van der Waals surface area contributed by atoms with Crippen molar-refractivity contribution in [2.75, 3.05) is 5.32 Å². The Morgan fingerprint density at radius 1 is 1.08 bits per heavy atom. The van der Waals surface area contributed by atoms with Gasteiger partial charge in [0.15, 0.2) is 0 Å². The van der Waals surface area contributed by atoms with Crippen LogP contribution in [0, 0.1) is 5.92 Å². The first kappa shape index (κ1) is 21.8. The molecule has 0 fully saturated rings. The van der Waals surface area contributed by atoms with Crippen LogP contribution in [0.1, 0.15) is 46.6 Å².